The molecule has 3 heterocycles. The maximum Gasteiger partial charge on any atom is 0.269 e. The standard InChI is InChI=1S/C67H54N4O/c1-44-20-18-21-45(2)65(44)50-32-35-61-63(39-50)69(43-70(61)66-57(48-24-12-8-13-25-48)37-51(38-59(66)67(4,5)6)47-22-10-7-11-23-47)52-28-19-29-53(40-52)72-54-33-34-56-55-30-16-17-31-60(55)71(62(56)41-54)64-36-46(3)58(42-68-64)49-26-14-9-15-27-49/h7-42H,1-6H3/i1D3,2D3,3D3,7D,8D,9D,10D,11D,12D,13D,14D,15D,22D,23D,24D,25D,26D,27D. The van der Waals surface area contributed by atoms with Crippen LogP contribution in [0.5, 0.6) is 11.5 Å². The Hall–Kier alpha value is -8.80. The molecular weight excluding hydrogens is 877 g/mol. The van der Waals surface area contributed by atoms with Gasteiger partial charge in [0.15, 0.2) is 0 Å². The molecule has 348 valence electrons. The third kappa shape index (κ3) is 7.93. The van der Waals surface area contributed by atoms with Crippen molar-refractivity contribution in [3.63, 3.8) is 0 Å². The molecule has 0 aliphatic heterocycles. The van der Waals surface area contributed by atoms with Gasteiger partial charge in [0.1, 0.15) is 17.3 Å². The molecule has 72 heavy (non-hydrogen) atoms. The van der Waals surface area contributed by atoms with E-state index in [2.05, 4.69) is 6.33 Å². The third-order valence-corrected chi connectivity index (χ3v) is 12.6. The first-order chi connectivity index (χ1) is 44.9. The minimum atomic E-state index is -2.87. The van der Waals surface area contributed by atoms with Gasteiger partial charge < -0.3 is 4.74 Å². The van der Waals surface area contributed by atoms with Gasteiger partial charge >= 0.3 is 0 Å². The van der Waals surface area contributed by atoms with Gasteiger partial charge in [-0.15, -0.1) is 0 Å². The Morgan fingerprint density at radius 1 is 0.542 bits per heavy atom. The van der Waals surface area contributed by atoms with Crippen molar-refractivity contribution in [2.75, 3.05) is 0 Å². The summed E-state index contributed by atoms with van der Waals surface area (Å²) in [5.41, 5.74) is -0.249. The lowest BCUT2D eigenvalue weighted by molar-refractivity contribution is -0.572. The molecule has 12 aromatic rings. The van der Waals surface area contributed by atoms with Crippen LogP contribution in [0.4, 0.5) is 0 Å². The zero-order chi connectivity index (χ0) is 69.6. The molecule has 5 heteroatoms. The summed E-state index contributed by atoms with van der Waals surface area (Å²) < 4.78 is 220. The molecule has 0 unspecified atom stereocenters. The van der Waals surface area contributed by atoms with E-state index in [4.69, 9.17) is 39.9 Å². The Morgan fingerprint density at radius 2 is 1.21 bits per heavy atom. The number of nitrogens with zero attached hydrogens (tertiary/aromatic N) is 4. The molecule has 0 radical (unpaired) electrons. The molecule has 9 aromatic carbocycles. The molecule has 0 fully saturated rings. The maximum absolute atomic E-state index is 9.41. The second kappa shape index (κ2) is 17.9. The van der Waals surface area contributed by atoms with Crippen molar-refractivity contribution in [2.24, 2.45) is 0 Å². The van der Waals surface area contributed by atoms with Crippen molar-refractivity contribution in [3.8, 4) is 73.2 Å². The quantitative estimate of drug-likeness (QED) is 0.107. The van der Waals surface area contributed by atoms with Crippen LogP contribution < -0.4 is 9.30 Å². The summed E-state index contributed by atoms with van der Waals surface area (Å²) in [5, 5.41) is 1.45. The number of rotatable bonds is 9. The van der Waals surface area contributed by atoms with Gasteiger partial charge in [-0.1, -0.05) is 172 Å². The van der Waals surface area contributed by atoms with Crippen molar-refractivity contribution in [2.45, 2.75) is 46.7 Å². The number of hydrogen-bond donors (Lipinski definition) is 0. The summed E-state index contributed by atoms with van der Waals surface area (Å²) >= 11 is 0. The SMILES string of the molecule is [2H]c1c([2H])c([2H])c(-c2cc(-c3c([2H])c([2H])c([2H])c([2H])c3[2H])c(-[n+]3[c-]n(-c4cccc(Oc5ccc6c7ccccc7n(-c7cc(C([2H])([2H])[2H])c(-c8c([2H])c([2H])c([2H])c([2H])c8[2H])cn7)c6c5)c4)c4cc(-c5c(C([2H])([2H])[2H])cccc5C([2H])([2H])[2H])ccc43)c(C(C)(C)C)c2)c([2H])c1[2H]. The number of para-hydroxylation sites is 1. The van der Waals surface area contributed by atoms with E-state index in [1.54, 1.807) is 80.4 Å². The molecule has 5 nitrogen and oxygen atoms in total. The van der Waals surface area contributed by atoms with Gasteiger partial charge in [0.2, 0.25) is 0 Å². The fraction of sp³-hybridized carbons (Fsp3) is 0.104. The van der Waals surface area contributed by atoms with E-state index < -0.39 is 117 Å². The van der Waals surface area contributed by atoms with Crippen molar-refractivity contribution in [1.82, 2.24) is 14.1 Å². The molecule has 3 aromatic heterocycles. The molecule has 0 bridgehead atoms. The Labute approximate surface area is 455 Å². The third-order valence-electron chi connectivity index (χ3n) is 12.6. The van der Waals surface area contributed by atoms with E-state index in [0.29, 0.717) is 27.7 Å². The zero-order valence-electron chi connectivity index (χ0n) is 62.8. The highest BCUT2D eigenvalue weighted by atomic mass is 16.5. The topological polar surface area (TPSA) is 35.9 Å². The highest BCUT2D eigenvalue weighted by Crippen LogP contribution is 2.41. The largest absolute Gasteiger partial charge is 0.458 e. The number of aromatic nitrogens is 4. The lowest BCUT2D eigenvalue weighted by Crippen LogP contribution is -2.34. The average molecular weight is 955 g/mol. The predicted octanol–water partition coefficient (Wildman–Crippen LogP) is 16.9. The first-order valence-corrected chi connectivity index (χ1v) is 22.8. The van der Waals surface area contributed by atoms with Crippen LogP contribution in [-0.2, 0) is 5.41 Å². The van der Waals surface area contributed by atoms with Gasteiger partial charge in [-0.2, -0.15) is 0 Å². The molecular formula is C67H54N4O. The van der Waals surface area contributed by atoms with Crippen LogP contribution in [0.1, 0.15) is 75.9 Å². The van der Waals surface area contributed by atoms with Gasteiger partial charge in [0, 0.05) is 40.9 Å². The number of pyridine rings is 1. The molecule has 0 atom stereocenters. The minimum Gasteiger partial charge on any atom is -0.458 e. The van der Waals surface area contributed by atoms with E-state index in [1.807, 2.05) is 45.0 Å². The number of imidazole rings is 1. The molecule has 12 rings (SSSR count). The Morgan fingerprint density at radius 3 is 1.93 bits per heavy atom. The van der Waals surface area contributed by atoms with Crippen LogP contribution in [0, 0.1) is 26.9 Å². The number of aryl methyl sites for hydroxylation is 3. The maximum atomic E-state index is 9.41. The molecule has 0 aliphatic carbocycles. The van der Waals surface area contributed by atoms with E-state index in [-0.39, 0.29) is 95.2 Å². The monoisotopic (exact) mass is 955 g/mol. The summed E-state index contributed by atoms with van der Waals surface area (Å²) in [6, 6.07) is 22.8. The van der Waals surface area contributed by atoms with E-state index >= 15 is 0 Å². The first kappa shape index (κ1) is 25.4. The number of ether oxygens (including phenoxy) is 1. The van der Waals surface area contributed by atoms with Crippen LogP contribution in [0.3, 0.4) is 0 Å². The average Bonchev–Trinajstić information content (AvgIpc) is 1.37. The van der Waals surface area contributed by atoms with Gasteiger partial charge in [-0.05, 0) is 142 Å². The minimum absolute atomic E-state index is 0.0391. The highest BCUT2D eigenvalue weighted by Gasteiger charge is 2.27. The predicted molar refractivity (Wildman–Crippen MR) is 297 cm³/mol. The summed E-state index contributed by atoms with van der Waals surface area (Å²) in [6.07, 6.45) is 4.63. The summed E-state index contributed by atoms with van der Waals surface area (Å²) in [7, 11) is 0. The van der Waals surface area contributed by atoms with Crippen LogP contribution in [0.2, 0.25) is 0 Å². The molecule has 0 saturated carbocycles. The smallest absolute Gasteiger partial charge is 0.269 e. The Bertz CT molecular complexity index is 5170. The Balaban J connectivity index is 1.10. The van der Waals surface area contributed by atoms with Crippen LogP contribution in [0.25, 0.3) is 94.5 Å². The second-order valence-corrected chi connectivity index (χ2v) is 18.1. The highest BCUT2D eigenvalue weighted by molar-refractivity contribution is 6.09. The van der Waals surface area contributed by atoms with E-state index in [1.165, 1.54) is 36.5 Å². The molecule has 0 spiro atoms. The fourth-order valence-corrected chi connectivity index (χ4v) is 9.28. The zero-order valence-corrected chi connectivity index (χ0v) is 38.8. The van der Waals surface area contributed by atoms with Crippen molar-refractivity contribution in [3.05, 3.63) is 247 Å². The molecule has 0 saturated heterocycles. The summed E-state index contributed by atoms with van der Waals surface area (Å²) in [5.74, 6) is 0.615. The van der Waals surface area contributed by atoms with Gasteiger partial charge in [0.05, 0.1) is 54.0 Å². The van der Waals surface area contributed by atoms with Crippen molar-refractivity contribution < 1.29 is 42.2 Å². The van der Waals surface area contributed by atoms with E-state index in [0.717, 1.165) is 5.39 Å². The molecule has 0 N–H and O–H groups in total. The summed E-state index contributed by atoms with van der Waals surface area (Å²) in [4.78, 5) is 4.69. The van der Waals surface area contributed by atoms with Crippen LogP contribution >= 0.6 is 0 Å². The lowest BCUT2D eigenvalue weighted by Gasteiger charge is -2.27. The number of benzene rings is 9. The van der Waals surface area contributed by atoms with E-state index in [9.17, 15) is 2.74 Å². The van der Waals surface area contributed by atoms with Gasteiger partial charge in [-0.3, -0.25) is 13.7 Å². The Kier molecular flexibility index (Phi) is 6.29. The van der Waals surface area contributed by atoms with Gasteiger partial charge in [-0.25, -0.2) is 4.98 Å². The number of fused-ring (bicyclic) bond motifs is 4. The van der Waals surface area contributed by atoms with Crippen molar-refractivity contribution in [1.29, 1.82) is 0 Å². The summed E-state index contributed by atoms with van der Waals surface area (Å²) in [6.45, 7) is -3.01. The normalized spacial score (nSPS) is 17.0. The lowest BCUT2D eigenvalue weighted by atomic mass is 9.81. The number of hydrogen-bond acceptors (Lipinski definition) is 2. The van der Waals surface area contributed by atoms with Crippen molar-refractivity contribution >= 4 is 32.8 Å². The fourth-order valence-electron chi connectivity index (χ4n) is 9.28. The van der Waals surface area contributed by atoms with Crippen LogP contribution in [0.15, 0.2) is 218 Å². The van der Waals surface area contributed by atoms with Gasteiger partial charge in [0.25, 0.3) is 6.33 Å². The van der Waals surface area contributed by atoms with Crippen LogP contribution in [-0.4, -0.2) is 14.1 Å². The first-order valence-electron chi connectivity index (χ1n) is 34.8. The molecule has 0 aliphatic rings. The second-order valence-electron chi connectivity index (χ2n) is 18.1. The molecule has 0 amide bonds.